The van der Waals surface area contributed by atoms with Crippen LogP contribution in [0.25, 0.3) is 0 Å². The Hall–Kier alpha value is -1.33. The van der Waals surface area contributed by atoms with Gasteiger partial charge in [0.25, 0.3) is 0 Å². The molecule has 2 aliphatic heterocycles. The van der Waals surface area contributed by atoms with E-state index >= 15 is 0 Å². The number of hydrogen-bond donors (Lipinski definition) is 5. The first-order chi connectivity index (χ1) is 16.7. The van der Waals surface area contributed by atoms with E-state index in [-0.39, 0.29) is 23.2 Å². The van der Waals surface area contributed by atoms with Crippen molar-refractivity contribution < 1.29 is 44.5 Å². The number of carbonyl (C=O) groups is 1. The van der Waals surface area contributed by atoms with Crippen LogP contribution in [0, 0.1) is 29.1 Å². The molecule has 4 aliphatic rings. The fourth-order valence-corrected chi connectivity index (χ4v) is 6.78. The van der Waals surface area contributed by atoms with Gasteiger partial charge in [0.05, 0.1) is 12.2 Å². The molecule has 1 saturated heterocycles. The van der Waals surface area contributed by atoms with E-state index in [0.29, 0.717) is 12.3 Å². The number of esters is 1. The molecule has 0 unspecified atom stereocenters. The highest BCUT2D eigenvalue weighted by molar-refractivity contribution is 5.86. The third kappa shape index (κ3) is 4.68. The predicted molar refractivity (Wildman–Crippen MR) is 129 cm³/mol. The summed E-state index contributed by atoms with van der Waals surface area (Å²) in [5.41, 5.74) is -0.0801. The number of aliphatic hydroxyl groups is 5. The molecule has 0 aromatic carbocycles. The van der Waals surface area contributed by atoms with Gasteiger partial charge in [-0.1, -0.05) is 32.9 Å². The van der Waals surface area contributed by atoms with Crippen LogP contribution in [0.1, 0.15) is 60.3 Å². The minimum Gasteiger partial charge on any atom is -0.426 e. The SMILES string of the molecule is C[C@H](/C=C/[C@H](C)C(C)(C)O[C@H]1O[C@@H](CO)[C@H](O)[C@@H](O)[C@H]1O)[C@H]1CC[C@H]2C3=CC(=O)O[C@@]3(O)CC[C@]12C. The standard InChI is InChI=1S/C27H42O9/c1-14(16-8-9-17-18-12-20(29)35-27(18,33)11-10-26(16,17)5)6-7-15(2)25(3,4)36-24-23(32)22(31)21(30)19(13-28)34-24/h6-7,12,14-17,19,21-24,28,30-33H,8-11,13H2,1-5H3/b7-6+/t14-,15+,16-,17+,19+,21+,22-,23-,24-,26-,27+/m1/s1. The van der Waals surface area contributed by atoms with Crippen LogP contribution in [0.15, 0.2) is 23.8 Å². The van der Waals surface area contributed by atoms with Gasteiger partial charge in [-0.3, -0.25) is 0 Å². The molecule has 2 saturated carbocycles. The molecular formula is C27H42O9. The van der Waals surface area contributed by atoms with Crippen molar-refractivity contribution >= 4 is 5.97 Å². The smallest absolute Gasteiger partial charge is 0.333 e. The number of rotatable bonds is 7. The van der Waals surface area contributed by atoms with Gasteiger partial charge < -0.3 is 39.7 Å². The van der Waals surface area contributed by atoms with E-state index in [2.05, 4.69) is 26.0 Å². The van der Waals surface area contributed by atoms with Gasteiger partial charge in [-0.05, 0) is 56.3 Å². The van der Waals surface area contributed by atoms with Gasteiger partial charge >= 0.3 is 5.97 Å². The van der Waals surface area contributed by atoms with Crippen LogP contribution in [0.2, 0.25) is 0 Å². The zero-order valence-corrected chi connectivity index (χ0v) is 21.8. The molecule has 204 valence electrons. The molecule has 2 heterocycles. The number of aliphatic hydroxyl groups excluding tert-OH is 4. The Bertz CT molecular complexity index is 898. The van der Waals surface area contributed by atoms with E-state index in [9.17, 15) is 30.3 Å². The summed E-state index contributed by atoms with van der Waals surface area (Å²) in [6.07, 6.45) is 2.30. The van der Waals surface area contributed by atoms with Gasteiger partial charge in [-0.15, -0.1) is 0 Å². The normalized spacial score (nSPS) is 44.7. The number of carbonyl (C=O) groups excluding carboxylic acids is 1. The molecule has 9 nitrogen and oxygen atoms in total. The summed E-state index contributed by atoms with van der Waals surface area (Å²) in [6, 6.07) is 0. The first-order valence-electron chi connectivity index (χ1n) is 13.1. The average Bonchev–Trinajstić information content (AvgIpc) is 3.32. The molecule has 3 fully saturated rings. The topological polar surface area (TPSA) is 146 Å². The summed E-state index contributed by atoms with van der Waals surface area (Å²) in [7, 11) is 0. The van der Waals surface area contributed by atoms with E-state index < -0.39 is 54.7 Å². The molecule has 0 amide bonds. The first-order valence-corrected chi connectivity index (χ1v) is 13.1. The largest absolute Gasteiger partial charge is 0.426 e. The first kappa shape index (κ1) is 27.7. The van der Waals surface area contributed by atoms with Crippen molar-refractivity contribution in [3.05, 3.63) is 23.8 Å². The van der Waals surface area contributed by atoms with Crippen molar-refractivity contribution in [2.24, 2.45) is 29.1 Å². The number of ether oxygens (including phenoxy) is 3. The van der Waals surface area contributed by atoms with Crippen molar-refractivity contribution in [3.8, 4) is 0 Å². The highest BCUT2D eigenvalue weighted by atomic mass is 16.7. The molecule has 2 aliphatic carbocycles. The lowest BCUT2D eigenvalue weighted by molar-refractivity contribution is -0.326. The van der Waals surface area contributed by atoms with Crippen molar-refractivity contribution in [1.82, 2.24) is 0 Å². The maximum Gasteiger partial charge on any atom is 0.333 e. The maximum absolute atomic E-state index is 11.9. The summed E-state index contributed by atoms with van der Waals surface area (Å²) in [5.74, 6) is -1.24. The minimum absolute atomic E-state index is 0.0403. The van der Waals surface area contributed by atoms with Gasteiger partial charge in [0.1, 0.15) is 24.4 Å². The van der Waals surface area contributed by atoms with E-state index in [0.717, 1.165) is 24.8 Å². The fraction of sp³-hybridized carbons (Fsp3) is 0.815. The number of fused-ring (bicyclic) bond motifs is 3. The monoisotopic (exact) mass is 510 g/mol. The Morgan fingerprint density at radius 2 is 1.83 bits per heavy atom. The van der Waals surface area contributed by atoms with E-state index in [4.69, 9.17) is 14.2 Å². The molecule has 0 spiro atoms. The lowest BCUT2D eigenvalue weighted by Crippen LogP contribution is -2.60. The third-order valence-electron chi connectivity index (χ3n) is 9.48. The summed E-state index contributed by atoms with van der Waals surface area (Å²) in [4.78, 5) is 11.9. The minimum atomic E-state index is -1.48. The summed E-state index contributed by atoms with van der Waals surface area (Å²) >= 11 is 0. The highest BCUT2D eigenvalue weighted by Gasteiger charge is 2.59. The Balaban J connectivity index is 1.42. The third-order valence-corrected chi connectivity index (χ3v) is 9.48. The van der Waals surface area contributed by atoms with Gasteiger partial charge in [-0.2, -0.15) is 0 Å². The summed E-state index contributed by atoms with van der Waals surface area (Å²) in [6.45, 7) is 9.68. The molecule has 36 heavy (non-hydrogen) atoms. The van der Waals surface area contributed by atoms with Crippen LogP contribution < -0.4 is 0 Å². The van der Waals surface area contributed by atoms with Crippen LogP contribution in [0.4, 0.5) is 0 Å². The summed E-state index contributed by atoms with van der Waals surface area (Å²) < 4.78 is 16.8. The fourth-order valence-electron chi connectivity index (χ4n) is 6.78. The second-order valence-electron chi connectivity index (χ2n) is 12.0. The molecule has 0 aromatic heterocycles. The van der Waals surface area contributed by atoms with Crippen LogP contribution >= 0.6 is 0 Å². The van der Waals surface area contributed by atoms with E-state index in [1.807, 2.05) is 20.8 Å². The van der Waals surface area contributed by atoms with Crippen molar-refractivity contribution in [2.45, 2.75) is 102 Å². The Morgan fingerprint density at radius 3 is 2.50 bits per heavy atom. The van der Waals surface area contributed by atoms with Gasteiger partial charge in [0.15, 0.2) is 6.29 Å². The number of hydrogen-bond acceptors (Lipinski definition) is 9. The molecule has 0 radical (unpaired) electrons. The average molecular weight is 511 g/mol. The van der Waals surface area contributed by atoms with Gasteiger partial charge in [0, 0.05) is 24.0 Å². The second kappa shape index (κ2) is 9.76. The predicted octanol–water partition coefficient (Wildman–Crippen LogP) is 1.41. The molecule has 0 bridgehead atoms. The van der Waals surface area contributed by atoms with Crippen LogP contribution in [0.3, 0.4) is 0 Å². The van der Waals surface area contributed by atoms with Crippen molar-refractivity contribution in [2.75, 3.05) is 6.61 Å². The molecule has 9 heteroatoms. The zero-order chi connectivity index (χ0) is 26.6. The molecule has 0 aromatic rings. The Labute approximate surface area is 212 Å². The molecule has 5 N–H and O–H groups in total. The van der Waals surface area contributed by atoms with E-state index in [1.54, 1.807) is 0 Å². The van der Waals surface area contributed by atoms with Gasteiger partial charge in [0.2, 0.25) is 5.79 Å². The lowest BCUT2D eigenvalue weighted by Gasteiger charge is -2.47. The van der Waals surface area contributed by atoms with E-state index in [1.165, 1.54) is 6.08 Å². The quantitative estimate of drug-likeness (QED) is 0.253. The van der Waals surface area contributed by atoms with Crippen LogP contribution in [-0.4, -0.2) is 80.2 Å². The van der Waals surface area contributed by atoms with Gasteiger partial charge in [-0.25, -0.2) is 4.79 Å². The maximum atomic E-state index is 11.9. The molecule has 4 rings (SSSR count). The Morgan fingerprint density at radius 1 is 1.14 bits per heavy atom. The molecular weight excluding hydrogens is 468 g/mol. The van der Waals surface area contributed by atoms with Crippen LogP contribution in [0.5, 0.6) is 0 Å². The van der Waals surface area contributed by atoms with Crippen molar-refractivity contribution in [1.29, 1.82) is 0 Å². The lowest BCUT2D eigenvalue weighted by atomic mass is 9.60. The van der Waals surface area contributed by atoms with Crippen molar-refractivity contribution in [3.63, 3.8) is 0 Å². The Kier molecular flexibility index (Phi) is 7.51. The highest BCUT2D eigenvalue weighted by Crippen LogP contribution is 2.62. The van der Waals surface area contributed by atoms with Crippen LogP contribution in [-0.2, 0) is 19.0 Å². The summed E-state index contributed by atoms with van der Waals surface area (Å²) in [5, 5.41) is 50.7. The number of allylic oxidation sites excluding steroid dienone is 1. The molecule has 11 atom stereocenters. The zero-order valence-electron chi connectivity index (χ0n) is 21.8. The second-order valence-corrected chi connectivity index (χ2v) is 12.0.